The molecular weight excluding hydrogens is 242 g/mol. The zero-order chi connectivity index (χ0) is 13.2. The van der Waals surface area contributed by atoms with Crippen LogP contribution in [0.3, 0.4) is 0 Å². The van der Waals surface area contributed by atoms with Gasteiger partial charge in [0, 0.05) is 28.4 Å². The standard InChI is InChI=1S/C14H21N3S/c1-10(2)8-14(3,9-15)17-13-11-5-7-18-12(11)4-6-16-13/h4-7,10H,8-9,15H2,1-3H3,(H,16,17). The molecule has 0 spiro atoms. The van der Waals surface area contributed by atoms with Crippen molar-refractivity contribution in [3.8, 4) is 0 Å². The van der Waals surface area contributed by atoms with Gasteiger partial charge in [-0.15, -0.1) is 11.3 Å². The number of nitrogens with zero attached hydrogens (tertiary/aromatic N) is 1. The molecule has 0 radical (unpaired) electrons. The molecule has 18 heavy (non-hydrogen) atoms. The predicted octanol–water partition coefficient (Wildman–Crippen LogP) is 3.47. The number of hydrogen-bond donors (Lipinski definition) is 2. The summed E-state index contributed by atoms with van der Waals surface area (Å²) in [5.74, 6) is 1.55. The van der Waals surface area contributed by atoms with Crippen molar-refractivity contribution in [1.29, 1.82) is 0 Å². The Hall–Kier alpha value is -1.13. The van der Waals surface area contributed by atoms with Crippen molar-refractivity contribution in [1.82, 2.24) is 4.98 Å². The lowest BCUT2D eigenvalue weighted by Gasteiger charge is -2.32. The molecule has 4 heteroatoms. The number of aromatic nitrogens is 1. The van der Waals surface area contributed by atoms with Crippen LogP contribution >= 0.6 is 11.3 Å². The highest BCUT2D eigenvalue weighted by atomic mass is 32.1. The molecule has 0 aliphatic carbocycles. The molecule has 2 rings (SSSR count). The molecule has 0 aliphatic rings. The Bertz CT molecular complexity index is 520. The van der Waals surface area contributed by atoms with Crippen LogP contribution in [-0.2, 0) is 0 Å². The largest absolute Gasteiger partial charge is 0.363 e. The molecule has 2 heterocycles. The molecule has 2 aromatic rings. The molecule has 0 aliphatic heterocycles. The van der Waals surface area contributed by atoms with E-state index in [1.807, 2.05) is 12.3 Å². The third-order valence-corrected chi connectivity index (χ3v) is 3.99. The fourth-order valence-electron chi connectivity index (χ4n) is 2.37. The van der Waals surface area contributed by atoms with Gasteiger partial charge in [0.05, 0.1) is 0 Å². The SMILES string of the molecule is CC(C)CC(C)(CN)Nc1nccc2sccc12. The first-order valence-corrected chi connectivity index (χ1v) is 7.22. The lowest BCUT2D eigenvalue weighted by Crippen LogP contribution is -2.43. The van der Waals surface area contributed by atoms with E-state index >= 15 is 0 Å². The molecule has 2 aromatic heterocycles. The van der Waals surface area contributed by atoms with Crippen LogP contribution in [-0.4, -0.2) is 17.1 Å². The van der Waals surface area contributed by atoms with Gasteiger partial charge in [0.25, 0.3) is 0 Å². The number of thiophene rings is 1. The Balaban J connectivity index is 2.29. The monoisotopic (exact) mass is 263 g/mol. The number of rotatable bonds is 5. The summed E-state index contributed by atoms with van der Waals surface area (Å²) in [5, 5.41) is 6.82. The summed E-state index contributed by atoms with van der Waals surface area (Å²) in [5.41, 5.74) is 5.84. The van der Waals surface area contributed by atoms with E-state index in [2.05, 4.69) is 42.5 Å². The van der Waals surface area contributed by atoms with Crippen LogP contribution in [0.5, 0.6) is 0 Å². The summed E-state index contributed by atoms with van der Waals surface area (Å²) in [6.45, 7) is 7.20. The van der Waals surface area contributed by atoms with Crippen molar-refractivity contribution in [3.63, 3.8) is 0 Å². The Kier molecular flexibility index (Phi) is 3.88. The van der Waals surface area contributed by atoms with Gasteiger partial charge < -0.3 is 11.1 Å². The first-order chi connectivity index (χ1) is 8.54. The van der Waals surface area contributed by atoms with Gasteiger partial charge in [0.1, 0.15) is 5.82 Å². The Morgan fingerprint density at radius 2 is 2.22 bits per heavy atom. The van der Waals surface area contributed by atoms with E-state index in [9.17, 15) is 0 Å². The molecule has 0 fully saturated rings. The van der Waals surface area contributed by atoms with Crippen LogP contribution < -0.4 is 11.1 Å². The quantitative estimate of drug-likeness (QED) is 0.868. The summed E-state index contributed by atoms with van der Waals surface area (Å²) in [6, 6.07) is 4.16. The first kappa shape index (κ1) is 13.3. The van der Waals surface area contributed by atoms with Crippen molar-refractivity contribution < 1.29 is 0 Å². The second-order valence-corrected chi connectivity index (χ2v) is 6.43. The minimum absolute atomic E-state index is 0.0998. The Morgan fingerprint density at radius 3 is 2.89 bits per heavy atom. The van der Waals surface area contributed by atoms with E-state index in [1.54, 1.807) is 11.3 Å². The third-order valence-electron chi connectivity index (χ3n) is 3.11. The average molecular weight is 263 g/mol. The summed E-state index contributed by atoms with van der Waals surface area (Å²) in [4.78, 5) is 4.46. The van der Waals surface area contributed by atoms with Crippen LogP contribution in [0.4, 0.5) is 5.82 Å². The number of nitrogens with one attached hydrogen (secondary N) is 1. The van der Waals surface area contributed by atoms with Crippen LogP contribution in [0.25, 0.3) is 10.1 Å². The molecule has 0 bridgehead atoms. The summed E-state index contributed by atoms with van der Waals surface area (Å²) in [7, 11) is 0. The minimum Gasteiger partial charge on any atom is -0.363 e. The fourth-order valence-corrected chi connectivity index (χ4v) is 3.15. The van der Waals surface area contributed by atoms with Crippen molar-refractivity contribution >= 4 is 27.2 Å². The van der Waals surface area contributed by atoms with Gasteiger partial charge in [-0.25, -0.2) is 4.98 Å². The lowest BCUT2D eigenvalue weighted by molar-refractivity contribution is 0.406. The normalized spacial score (nSPS) is 14.9. The predicted molar refractivity (Wildman–Crippen MR) is 80.2 cm³/mol. The van der Waals surface area contributed by atoms with Crippen molar-refractivity contribution in [2.75, 3.05) is 11.9 Å². The van der Waals surface area contributed by atoms with Crippen molar-refractivity contribution in [2.45, 2.75) is 32.7 Å². The van der Waals surface area contributed by atoms with Crippen LogP contribution in [0, 0.1) is 5.92 Å². The second-order valence-electron chi connectivity index (χ2n) is 5.48. The van der Waals surface area contributed by atoms with Gasteiger partial charge in [-0.2, -0.15) is 0 Å². The van der Waals surface area contributed by atoms with Gasteiger partial charge >= 0.3 is 0 Å². The first-order valence-electron chi connectivity index (χ1n) is 6.34. The number of hydrogen-bond acceptors (Lipinski definition) is 4. The topological polar surface area (TPSA) is 50.9 Å². The molecule has 3 N–H and O–H groups in total. The zero-order valence-corrected chi connectivity index (χ0v) is 12.1. The van der Waals surface area contributed by atoms with Gasteiger partial charge in [0.2, 0.25) is 0 Å². The lowest BCUT2D eigenvalue weighted by atomic mass is 9.90. The maximum atomic E-state index is 5.93. The molecule has 0 saturated carbocycles. The minimum atomic E-state index is -0.0998. The molecule has 1 atom stereocenters. The van der Waals surface area contributed by atoms with E-state index in [-0.39, 0.29) is 5.54 Å². The Morgan fingerprint density at radius 1 is 1.44 bits per heavy atom. The van der Waals surface area contributed by atoms with Gasteiger partial charge in [-0.3, -0.25) is 0 Å². The maximum Gasteiger partial charge on any atom is 0.135 e. The highest BCUT2D eigenvalue weighted by Gasteiger charge is 2.24. The van der Waals surface area contributed by atoms with Crippen LogP contribution in [0.15, 0.2) is 23.7 Å². The molecular formula is C14H21N3S. The zero-order valence-electron chi connectivity index (χ0n) is 11.2. The van der Waals surface area contributed by atoms with E-state index in [4.69, 9.17) is 5.73 Å². The highest BCUT2D eigenvalue weighted by molar-refractivity contribution is 7.17. The highest BCUT2D eigenvalue weighted by Crippen LogP contribution is 2.29. The van der Waals surface area contributed by atoms with Crippen LogP contribution in [0.1, 0.15) is 27.2 Å². The van der Waals surface area contributed by atoms with Gasteiger partial charge in [0.15, 0.2) is 0 Å². The number of nitrogens with two attached hydrogens (primary N) is 1. The van der Waals surface area contributed by atoms with Gasteiger partial charge in [-0.05, 0) is 36.8 Å². The van der Waals surface area contributed by atoms with E-state index in [0.29, 0.717) is 12.5 Å². The number of anilines is 1. The van der Waals surface area contributed by atoms with Crippen LogP contribution in [0.2, 0.25) is 0 Å². The van der Waals surface area contributed by atoms with Crippen molar-refractivity contribution in [2.24, 2.45) is 11.7 Å². The molecule has 1 unspecified atom stereocenters. The smallest absolute Gasteiger partial charge is 0.135 e. The molecule has 98 valence electrons. The number of pyridine rings is 1. The van der Waals surface area contributed by atoms with E-state index < -0.39 is 0 Å². The number of fused-ring (bicyclic) bond motifs is 1. The van der Waals surface area contributed by atoms with E-state index in [0.717, 1.165) is 12.2 Å². The van der Waals surface area contributed by atoms with Gasteiger partial charge in [-0.1, -0.05) is 13.8 Å². The summed E-state index contributed by atoms with van der Waals surface area (Å²) >= 11 is 1.74. The second kappa shape index (κ2) is 5.24. The summed E-state index contributed by atoms with van der Waals surface area (Å²) in [6.07, 6.45) is 2.89. The Labute approximate surface area is 112 Å². The third kappa shape index (κ3) is 2.82. The van der Waals surface area contributed by atoms with E-state index in [1.165, 1.54) is 10.1 Å². The summed E-state index contributed by atoms with van der Waals surface area (Å²) < 4.78 is 1.26. The van der Waals surface area contributed by atoms with Crippen molar-refractivity contribution in [3.05, 3.63) is 23.7 Å². The molecule has 0 aromatic carbocycles. The fraction of sp³-hybridized carbons (Fsp3) is 0.500. The maximum absolute atomic E-state index is 5.93. The average Bonchev–Trinajstić information content (AvgIpc) is 2.77. The molecule has 0 saturated heterocycles. The molecule has 0 amide bonds. The molecule has 3 nitrogen and oxygen atoms in total.